The summed E-state index contributed by atoms with van der Waals surface area (Å²) in [5, 5.41) is 4.75. The number of benzene rings is 1. The van der Waals surface area contributed by atoms with Gasteiger partial charge in [-0.3, -0.25) is 4.79 Å². The molecule has 1 aromatic heterocycles. The van der Waals surface area contributed by atoms with Gasteiger partial charge in [-0.25, -0.2) is 13.1 Å². The fourth-order valence-electron chi connectivity index (χ4n) is 4.10. The van der Waals surface area contributed by atoms with Crippen LogP contribution in [0, 0.1) is 11.6 Å². The molecule has 0 radical (unpaired) electrons. The molecule has 1 aliphatic carbocycles. The number of hydrogen-bond donors (Lipinski definition) is 0. The topological polar surface area (TPSA) is 50.6 Å². The van der Waals surface area contributed by atoms with Gasteiger partial charge in [-0.05, 0) is 25.0 Å². The molecule has 2 fully saturated rings. The van der Waals surface area contributed by atoms with E-state index in [2.05, 4.69) is 28.2 Å². The maximum Gasteiger partial charge on any atom is 0.316 e. The second kappa shape index (κ2) is 9.97. The van der Waals surface area contributed by atoms with E-state index in [1.807, 2.05) is 11.9 Å². The molecule has 2 heterocycles. The van der Waals surface area contributed by atoms with Crippen LogP contribution in [0.25, 0.3) is 5.69 Å². The average Bonchev–Trinajstić information content (AvgIpc) is 3.14. The molecule has 2 aromatic rings. The molecule has 1 saturated heterocycles. The fourth-order valence-corrected chi connectivity index (χ4v) is 5.40. The summed E-state index contributed by atoms with van der Waals surface area (Å²) < 4.78 is 37.0. The summed E-state index contributed by atoms with van der Waals surface area (Å²) in [6.45, 7) is 7.44. The number of piperazine rings is 1. The first-order chi connectivity index (χ1) is 15.3. The molecule has 2 unspecified atom stereocenters. The largest absolute Gasteiger partial charge is 0.483 e. The Kier molecular flexibility index (Phi) is 7.27. The molecule has 174 valence electrons. The third-order valence-corrected chi connectivity index (χ3v) is 7.03. The van der Waals surface area contributed by atoms with Crippen molar-refractivity contribution in [3.8, 4) is 11.4 Å². The van der Waals surface area contributed by atoms with Crippen LogP contribution in [0.4, 0.5) is 14.5 Å². The number of hydrogen-bond acceptors (Lipinski definition) is 6. The van der Waals surface area contributed by atoms with Crippen molar-refractivity contribution in [2.75, 3.05) is 31.1 Å². The van der Waals surface area contributed by atoms with Crippen LogP contribution >= 0.6 is 23.5 Å². The van der Waals surface area contributed by atoms with E-state index in [-0.39, 0.29) is 22.9 Å². The zero-order chi connectivity index (χ0) is 22.8. The molecule has 4 rings (SSSR count). The van der Waals surface area contributed by atoms with Crippen LogP contribution in [0.5, 0.6) is 5.75 Å². The van der Waals surface area contributed by atoms with Crippen LogP contribution in [-0.2, 0) is 0 Å². The monoisotopic (exact) mass is 484 g/mol. The second-order valence-corrected chi connectivity index (χ2v) is 10.7. The molecule has 10 heteroatoms. The smallest absolute Gasteiger partial charge is 0.316 e. The molecule has 1 aromatic carbocycles. The van der Waals surface area contributed by atoms with E-state index in [9.17, 15) is 13.6 Å². The van der Waals surface area contributed by atoms with Crippen molar-refractivity contribution >= 4 is 29.2 Å². The molecule has 32 heavy (non-hydrogen) atoms. The van der Waals surface area contributed by atoms with E-state index < -0.39 is 17.2 Å². The normalized spacial score (nSPS) is 22.0. The molecule has 0 N–H and O–H groups in total. The van der Waals surface area contributed by atoms with E-state index in [1.54, 1.807) is 6.20 Å². The van der Waals surface area contributed by atoms with Crippen molar-refractivity contribution in [1.82, 2.24) is 14.1 Å². The Hall–Kier alpha value is -1.84. The lowest BCUT2D eigenvalue weighted by Gasteiger charge is -2.36. The summed E-state index contributed by atoms with van der Waals surface area (Å²) in [6, 6.07) is 2.91. The predicted octanol–water partition coefficient (Wildman–Crippen LogP) is 4.23. The van der Waals surface area contributed by atoms with Gasteiger partial charge in [-0.15, -0.1) is 11.6 Å². The number of nitrogens with zero attached hydrogens (tertiary/aromatic N) is 4. The Labute approximate surface area is 195 Å². The van der Waals surface area contributed by atoms with Gasteiger partial charge in [0.15, 0.2) is 0 Å². The van der Waals surface area contributed by atoms with Crippen molar-refractivity contribution < 1.29 is 13.5 Å². The SMILES string of the molecule is CC(C)SN1CCN(c2cnn(-c3cc(F)cc(F)c3)c(=O)c2OC2CCC(Cl)C2)CC1. The quantitative estimate of drug-likeness (QED) is 0.452. The highest BCUT2D eigenvalue weighted by atomic mass is 35.5. The number of aromatic nitrogens is 2. The van der Waals surface area contributed by atoms with Crippen molar-refractivity contribution in [3.05, 3.63) is 46.4 Å². The molecule has 2 aliphatic rings. The van der Waals surface area contributed by atoms with Gasteiger partial charge in [-0.2, -0.15) is 9.78 Å². The number of halogens is 3. The van der Waals surface area contributed by atoms with E-state index in [0.717, 1.165) is 61.9 Å². The van der Waals surface area contributed by atoms with E-state index in [1.165, 1.54) is 0 Å². The first-order valence-electron chi connectivity index (χ1n) is 10.9. The zero-order valence-electron chi connectivity index (χ0n) is 18.1. The van der Waals surface area contributed by atoms with Gasteiger partial charge < -0.3 is 9.64 Å². The van der Waals surface area contributed by atoms with Gasteiger partial charge in [0.2, 0.25) is 5.75 Å². The fraction of sp³-hybridized carbons (Fsp3) is 0.545. The second-order valence-electron chi connectivity index (χ2n) is 8.42. The molecule has 0 spiro atoms. The lowest BCUT2D eigenvalue weighted by Crippen LogP contribution is -2.45. The van der Waals surface area contributed by atoms with E-state index in [0.29, 0.717) is 17.4 Å². The maximum atomic E-state index is 13.8. The molecule has 1 saturated carbocycles. The molecule has 6 nitrogen and oxygen atoms in total. The minimum atomic E-state index is -0.778. The summed E-state index contributed by atoms with van der Waals surface area (Å²) in [6.07, 6.45) is 3.60. The Bertz CT molecular complexity index is 994. The summed E-state index contributed by atoms with van der Waals surface area (Å²) in [7, 11) is 0. The van der Waals surface area contributed by atoms with Crippen LogP contribution < -0.4 is 15.2 Å². The van der Waals surface area contributed by atoms with Crippen LogP contribution in [-0.4, -0.2) is 57.0 Å². The predicted molar refractivity (Wildman–Crippen MR) is 124 cm³/mol. The highest BCUT2D eigenvalue weighted by Crippen LogP contribution is 2.32. The molecule has 0 amide bonds. The van der Waals surface area contributed by atoms with Crippen LogP contribution in [0.3, 0.4) is 0 Å². The molecular formula is C22H27ClF2N4O2S. The maximum absolute atomic E-state index is 13.8. The van der Waals surface area contributed by atoms with Crippen LogP contribution in [0.1, 0.15) is 33.1 Å². The third kappa shape index (κ3) is 5.38. The highest BCUT2D eigenvalue weighted by Gasteiger charge is 2.29. The van der Waals surface area contributed by atoms with Crippen LogP contribution in [0.15, 0.2) is 29.2 Å². The zero-order valence-corrected chi connectivity index (χ0v) is 19.7. The Balaban J connectivity index is 1.66. The van der Waals surface area contributed by atoms with Crippen molar-refractivity contribution in [2.24, 2.45) is 0 Å². The molecule has 2 atom stereocenters. The van der Waals surface area contributed by atoms with Gasteiger partial charge in [0.05, 0.1) is 11.9 Å². The number of alkyl halides is 1. The summed E-state index contributed by atoms with van der Waals surface area (Å²) in [4.78, 5) is 15.5. The summed E-state index contributed by atoms with van der Waals surface area (Å²) in [5.41, 5.74) is 0.0866. The summed E-state index contributed by atoms with van der Waals surface area (Å²) in [5.74, 6) is -1.40. The van der Waals surface area contributed by atoms with Crippen LogP contribution in [0.2, 0.25) is 0 Å². The van der Waals surface area contributed by atoms with Crippen molar-refractivity contribution in [3.63, 3.8) is 0 Å². The van der Waals surface area contributed by atoms with Gasteiger partial charge in [0, 0.05) is 49.3 Å². The average molecular weight is 485 g/mol. The third-order valence-electron chi connectivity index (χ3n) is 5.55. The van der Waals surface area contributed by atoms with Gasteiger partial charge >= 0.3 is 5.56 Å². The number of rotatable bonds is 6. The lowest BCUT2D eigenvalue weighted by atomic mass is 10.2. The van der Waals surface area contributed by atoms with E-state index in [4.69, 9.17) is 16.3 Å². The first-order valence-corrected chi connectivity index (χ1v) is 12.1. The van der Waals surface area contributed by atoms with Gasteiger partial charge in [0.1, 0.15) is 23.4 Å². The molecule has 0 bridgehead atoms. The standard InChI is InChI=1S/C22H27ClF2N4O2S/c1-14(2)32-28-7-5-27(6-8-28)20-13-26-29(18-11-16(24)10-17(25)12-18)22(30)21(20)31-19-4-3-15(23)9-19/h10-15,19H,3-9H2,1-2H3. The minimum Gasteiger partial charge on any atom is -0.483 e. The Morgan fingerprint density at radius 2 is 1.81 bits per heavy atom. The van der Waals surface area contributed by atoms with Crippen molar-refractivity contribution in [2.45, 2.75) is 49.8 Å². The highest BCUT2D eigenvalue weighted by molar-refractivity contribution is 7.97. The first kappa shape index (κ1) is 23.3. The molecular weight excluding hydrogens is 458 g/mol. The van der Waals surface area contributed by atoms with Crippen molar-refractivity contribution in [1.29, 1.82) is 0 Å². The Morgan fingerprint density at radius 1 is 1.12 bits per heavy atom. The Morgan fingerprint density at radius 3 is 2.41 bits per heavy atom. The summed E-state index contributed by atoms with van der Waals surface area (Å²) >= 11 is 8.06. The number of anilines is 1. The minimum absolute atomic E-state index is 0.0152. The number of ether oxygens (including phenoxy) is 1. The van der Waals surface area contributed by atoms with E-state index >= 15 is 0 Å². The van der Waals surface area contributed by atoms with Gasteiger partial charge in [-0.1, -0.05) is 25.8 Å². The van der Waals surface area contributed by atoms with Gasteiger partial charge in [0.25, 0.3) is 0 Å². The molecule has 1 aliphatic heterocycles. The lowest BCUT2D eigenvalue weighted by molar-refractivity contribution is 0.206.